The molecule has 3 rings (SSSR count). The molecule has 0 fully saturated rings. The summed E-state index contributed by atoms with van der Waals surface area (Å²) < 4.78 is 0. The van der Waals surface area contributed by atoms with E-state index in [2.05, 4.69) is 20.3 Å². The number of aryl methyl sites for hydroxylation is 1. The van der Waals surface area contributed by atoms with E-state index in [0.717, 1.165) is 21.3 Å². The lowest BCUT2D eigenvalue weighted by Gasteiger charge is -2.01. The molecular formula is C13H12N4OS2. The number of nitrogens with zero attached hydrogens (tertiary/aromatic N) is 2. The Morgan fingerprint density at radius 1 is 1.50 bits per heavy atom. The molecule has 3 heterocycles. The highest BCUT2D eigenvalue weighted by atomic mass is 32.1. The zero-order valence-electron chi connectivity index (χ0n) is 10.7. The second-order valence-corrected chi connectivity index (χ2v) is 6.12. The molecule has 1 amide bonds. The van der Waals surface area contributed by atoms with Crippen molar-refractivity contribution < 1.29 is 4.79 Å². The number of H-pyrrole nitrogens is 1. The quantitative estimate of drug-likeness (QED) is 0.778. The van der Waals surface area contributed by atoms with Crippen molar-refractivity contribution in [2.45, 2.75) is 13.5 Å². The summed E-state index contributed by atoms with van der Waals surface area (Å²) in [6.45, 7) is 2.29. The van der Waals surface area contributed by atoms with Crippen LogP contribution in [0.15, 0.2) is 30.0 Å². The van der Waals surface area contributed by atoms with E-state index in [4.69, 9.17) is 0 Å². The lowest BCUT2D eigenvalue weighted by atomic mass is 10.3. The van der Waals surface area contributed by atoms with Crippen LogP contribution in [-0.4, -0.2) is 20.9 Å². The van der Waals surface area contributed by atoms with Crippen molar-refractivity contribution in [2.24, 2.45) is 0 Å². The Hall–Kier alpha value is -1.99. The van der Waals surface area contributed by atoms with Gasteiger partial charge in [0.15, 0.2) is 0 Å². The summed E-state index contributed by atoms with van der Waals surface area (Å²) in [4.78, 5) is 25.3. The van der Waals surface area contributed by atoms with E-state index < -0.39 is 0 Å². The first-order chi connectivity index (χ1) is 9.74. The first-order valence-corrected chi connectivity index (χ1v) is 7.70. The molecule has 20 heavy (non-hydrogen) atoms. The molecule has 0 unspecified atom stereocenters. The number of carbonyl (C=O) groups excluding carboxylic acids is 1. The monoisotopic (exact) mass is 304 g/mol. The van der Waals surface area contributed by atoms with Crippen molar-refractivity contribution in [3.63, 3.8) is 0 Å². The lowest BCUT2D eigenvalue weighted by Crippen LogP contribution is -2.22. The van der Waals surface area contributed by atoms with Gasteiger partial charge in [-0.2, -0.15) is 0 Å². The van der Waals surface area contributed by atoms with E-state index in [9.17, 15) is 4.79 Å². The fourth-order valence-electron chi connectivity index (χ4n) is 1.75. The van der Waals surface area contributed by atoms with E-state index in [-0.39, 0.29) is 5.91 Å². The number of amides is 1. The normalized spacial score (nSPS) is 10.7. The number of carbonyl (C=O) groups is 1. The molecule has 0 aliphatic rings. The van der Waals surface area contributed by atoms with Crippen LogP contribution >= 0.6 is 22.7 Å². The Balaban J connectivity index is 1.75. The summed E-state index contributed by atoms with van der Waals surface area (Å²) in [7, 11) is 0. The van der Waals surface area contributed by atoms with Gasteiger partial charge in [-0.15, -0.1) is 22.7 Å². The average Bonchev–Trinajstić information content (AvgIpc) is 3.17. The summed E-state index contributed by atoms with van der Waals surface area (Å²) in [5.74, 6) is -0.0996. The van der Waals surface area contributed by atoms with Gasteiger partial charge in [-0.25, -0.2) is 9.97 Å². The fourth-order valence-corrected chi connectivity index (χ4v) is 3.53. The molecule has 0 aliphatic heterocycles. The zero-order valence-corrected chi connectivity index (χ0v) is 12.3. The molecule has 0 saturated carbocycles. The second-order valence-electron chi connectivity index (χ2n) is 4.17. The molecule has 0 spiro atoms. The van der Waals surface area contributed by atoms with Crippen LogP contribution in [0.2, 0.25) is 0 Å². The number of nitrogens with one attached hydrogen (secondary N) is 2. The van der Waals surface area contributed by atoms with Gasteiger partial charge in [-0.05, 0) is 18.4 Å². The first kappa shape index (κ1) is 13.0. The maximum absolute atomic E-state index is 12.2. The summed E-state index contributed by atoms with van der Waals surface area (Å²) in [6, 6.07) is 3.99. The molecule has 102 valence electrons. The molecule has 0 aliphatic carbocycles. The standard InChI is InChI=1S/C13H12N4OS2/c1-8-11(12(18)15-6-9-5-14-7-16-9)20-13(17-8)10-3-2-4-19-10/h2-5,7H,6H2,1H3,(H,14,16)(H,15,18). The van der Waals surface area contributed by atoms with E-state index in [1.54, 1.807) is 23.9 Å². The highest BCUT2D eigenvalue weighted by Crippen LogP contribution is 2.30. The Labute approximate surface area is 123 Å². The molecule has 0 aromatic carbocycles. The summed E-state index contributed by atoms with van der Waals surface area (Å²) in [6.07, 6.45) is 3.28. The number of aromatic nitrogens is 3. The Morgan fingerprint density at radius 3 is 3.10 bits per heavy atom. The minimum absolute atomic E-state index is 0.0996. The fraction of sp³-hybridized carbons (Fsp3) is 0.154. The van der Waals surface area contributed by atoms with Gasteiger partial charge in [-0.1, -0.05) is 6.07 Å². The Bertz CT molecular complexity index is 701. The zero-order chi connectivity index (χ0) is 13.9. The average molecular weight is 304 g/mol. The smallest absolute Gasteiger partial charge is 0.263 e. The molecule has 0 atom stereocenters. The number of hydrogen-bond donors (Lipinski definition) is 2. The van der Waals surface area contributed by atoms with Gasteiger partial charge in [0, 0.05) is 6.20 Å². The van der Waals surface area contributed by atoms with Crippen molar-refractivity contribution in [1.29, 1.82) is 0 Å². The van der Waals surface area contributed by atoms with Gasteiger partial charge in [0.05, 0.1) is 29.1 Å². The van der Waals surface area contributed by atoms with Crippen LogP contribution in [-0.2, 0) is 6.54 Å². The Kier molecular flexibility index (Phi) is 3.62. The van der Waals surface area contributed by atoms with Gasteiger partial charge >= 0.3 is 0 Å². The van der Waals surface area contributed by atoms with E-state index >= 15 is 0 Å². The van der Waals surface area contributed by atoms with Gasteiger partial charge in [0.25, 0.3) is 5.91 Å². The molecule has 0 bridgehead atoms. The Morgan fingerprint density at radius 2 is 2.40 bits per heavy atom. The number of aromatic amines is 1. The number of thiophene rings is 1. The number of thiazole rings is 1. The van der Waals surface area contributed by atoms with Crippen LogP contribution in [0.1, 0.15) is 21.1 Å². The molecule has 5 nitrogen and oxygen atoms in total. The summed E-state index contributed by atoms with van der Waals surface area (Å²) in [5, 5.41) is 5.76. The minimum Gasteiger partial charge on any atom is -0.347 e. The van der Waals surface area contributed by atoms with E-state index in [1.807, 2.05) is 24.4 Å². The third-order valence-electron chi connectivity index (χ3n) is 2.73. The van der Waals surface area contributed by atoms with Crippen LogP contribution in [0, 0.1) is 6.92 Å². The second kappa shape index (κ2) is 5.56. The number of rotatable bonds is 4. The summed E-state index contributed by atoms with van der Waals surface area (Å²) in [5.41, 5.74) is 1.64. The third kappa shape index (κ3) is 2.63. The van der Waals surface area contributed by atoms with Crippen LogP contribution < -0.4 is 5.32 Å². The molecule has 0 saturated heterocycles. The van der Waals surface area contributed by atoms with Crippen LogP contribution in [0.4, 0.5) is 0 Å². The number of imidazole rings is 1. The lowest BCUT2D eigenvalue weighted by molar-refractivity contribution is 0.0953. The highest BCUT2D eigenvalue weighted by Gasteiger charge is 2.16. The molecule has 3 aromatic rings. The molecule has 7 heteroatoms. The van der Waals surface area contributed by atoms with Crippen molar-refractivity contribution in [2.75, 3.05) is 0 Å². The van der Waals surface area contributed by atoms with Crippen LogP contribution in [0.5, 0.6) is 0 Å². The molecule has 3 aromatic heterocycles. The molecular weight excluding hydrogens is 292 g/mol. The maximum atomic E-state index is 12.2. The predicted molar refractivity (Wildman–Crippen MR) is 79.9 cm³/mol. The van der Waals surface area contributed by atoms with E-state index in [1.165, 1.54) is 11.3 Å². The van der Waals surface area contributed by atoms with Gasteiger partial charge in [-0.3, -0.25) is 4.79 Å². The first-order valence-electron chi connectivity index (χ1n) is 6.01. The van der Waals surface area contributed by atoms with Crippen molar-refractivity contribution in [1.82, 2.24) is 20.3 Å². The SMILES string of the molecule is Cc1nc(-c2cccs2)sc1C(=O)NCc1cnc[nH]1. The number of hydrogen-bond acceptors (Lipinski definition) is 5. The molecule has 2 N–H and O–H groups in total. The van der Waals surface area contributed by atoms with Crippen molar-refractivity contribution in [3.05, 3.63) is 46.3 Å². The maximum Gasteiger partial charge on any atom is 0.263 e. The van der Waals surface area contributed by atoms with Crippen molar-refractivity contribution in [3.8, 4) is 9.88 Å². The molecule has 0 radical (unpaired) electrons. The highest BCUT2D eigenvalue weighted by molar-refractivity contribution is 7.22. The largest absolute Gasteiger partial charge is 0.347 e. The topological polar surface area (TPSA) is 70.7 Å². The minimum atomic E-state index is -0.0996. The van der Waals surface area contributed by atoms with Gasteiger partial charge in [0.1, 0.15) is 9.88 Å². The van der Waals surface area contributed by atoms with Crippen LogP contribution in [0.3, 0.4) is 0 Å². The van der Waals surface area contributed by atoms with Crippen molar-refractivity contribution >= 4 is 28.6 Å². The van der Waals surface area contributed by atoms with E-state index in [0.29, 0.717) is 11.4 Å². The van der Waals surface area contributed by atoms with Crippen LogP contribution in [0.25, 0.3) is 9.88 Å². The predicted octanol–water partition coefficient (Wildman–Crippen LogP) is 2.83. The van der Waals surface area contributed by atoms with Gasteiger partial charge in [0.2, 0.25) is 0 Å². The summed E-state index contributed by atoms with van der Waals surface area (Å²) >= 11 is 3.05. The van der Waals surface area contributed by atoms with Gasteiger partial charge < -0.3 is 10.3 Å². The third-order valence-corrected chi connectivity index (χ3v) is 4.92.